The minimum absolute atomic E-state index is 0.140. The van der Waals surface area contributed by atoms with E-state index >= 15 is 0 Å². The quantitative estimate of drug-likeness (QED) is 0.488. The summed E-state index contributed by atoms with van der Waals surface area (Å²) in [5.41, 5.74) is 5.67. The highest BCUT2D eigenvalue weighted by Crippen LogP contribution is 2.11. The van der Waals surface area contributed by atoms with E-state index in [9.17, 15) is 4.79 Å². The summed E-state index contributed by atoms with van der Waals surface area (Å²) in [6, 6.07) is -0.427. The Morgan fingerprint density at radius 3 is 1.89 bits per heavy atom. The predicted molar refractivity (Wildman–Crippen MR) is 81.3 cm³/mol. The molecule has 0 aliphatic carbocycles. The van der Waals surface area contributed by atoms with E-state index in [4.69, 9.17) is 10.5 Å². The maximum Gasteiger partial charge on any atom is 0.151 e. The van der Waals surface area contributed by atoms with Gasteiger partial charge < -0.3 is 10.5 Å². The zero-order valence-electron chi connectivity index (χ0n) is 13.0. The number of ether oxygens (including phenoxy) is 1. The molecule has 0 aromatic carbocycles. The number of methoxy groups -OCH3 is 1. The van der Waals surface area contributed by atoms with Crippen molar-refractivity contribution >= 4 is 5.78 Å². The van der Waals surface area contributed by atoms with Gasteiger partial charge in [-0.15, -0.1) is 0 Å². The Morgan fingerprint density at radius 2 is 1.42 bits per heavy atom. The van der Waals surface area contributed by atoms with E-state index < -0.39 is 6.04 Å². The molecular formula is C16H33NO2. The van der Waals surface area contributed by atoms with Crippen LogP contribution in [0.3, 0.4) is 0 Å². The lowest BCUT2D eigenvalue weighted by atomic mass is 10.0. The maximum atomic E-state index is 11.6. The third-order valence-corrected chi connectivity index (χ3v) is 3.54. The van der Waals surface area contributed by atoms with Gasteiger partial charge in [-0.1, -0.05) is 64.7 Å². The Balaban J connectivity index is 3.20. The first-order chi connectivity index (χ1) is 9.22. The summed E-state index contributed by atoms with van der Waals surface area (Å²) in [6.07, 6.45) is 13.5. The summed E-state index contributed by atoms with van der Waals surface area (Å²) in [6.45, 7) is 2.59. The molecule has 0 radical (unpaired) electrons. The van der Waals surface area contributed by atoms with Crippen molar-refractivity contribution in [2.24, 2.45) is 5.73 Å². The van der Waals surface area contributed by atoms with Crippen LogP contribution in [0.2, 0.25) is 0 Å². The molecule has 114 valence electrons. The van der Waals surface area contributed by atoms with Gasteiger partial charge in [0.15, 0.2) is 5.78 Å². The molecule has 0 heterocycles. The Morgan fingerprint density at radius 1 is 0.947 bits per heavy atom. The minimum atomic E-state index is -0.427. The lowest BCUT2D eigenvalue weighted by Gasteiger charge is -2.08. The Hall–Kier alpha value is -0.410. The normalized spacial score (nSPS) is 12.6. The molecule has 0 saturated heterocycles. The summed E-state index contributed by atoms with van der Waals surface area (Å²) < 4.78 is 4.88. The van der Waals surface area contributed by atoms with E-state index in [1.54, 1.807) is 7.11 Å². The van der Waals surface area contributed by atoms with Crippen LogP contribution in [-0.2, 0) is 9.53 Å². The summed E-state index contributed by atoms with van der Waals surface area (Å²) in [5.74, 6) is 0.140. The lowest BCUT2D eigenvalue weighted by Crippen LogP contribution is -2.34. The molecule has 0 bridgehead atoms. The summed E-state index contributed by atoms with van der Waals surface area (Å²) in [5, 5.41) is 0. The van der Waals surface area contributed by atoms with Gasteiger partial charge in [-0.2, -0.15) is 0 Å². The molecule has 2 N–H and O–H groups in total. The van der Waals surface area contributed by atoms with E-state index in [0.29, 0.717) is 13.0 Å². The first kappa shape index (κ1) is 18.6. The number of nitrogens with two attached hydrogens (primary N) is 1. The van der Waals surface area contributed by atoms with Crippen molar-refractivity contribution < 1.29 is 9.53 Å². The molecule has 0 aliphatic rings. The zero-order valence-corrected chi connectivity index (χ0v) is 13.0. The molecule has 0 amide bonds. The smallest absolute Gasteiger partial charge is 0.151 e. The summed E-state index contributed by atoms with van der Waals surface area (Å²) in [4.78, 5) is 11.6. The van der Waals surface area contributed by atoms with Crippen molar-refractivity contribution in [3.05, 3.63) is 0 Å². The molecule has 3 heteroatoms. The van der Waals surface area contributed by atoms with Crippen LogP contribution in [0.25, 0.3) is 0 Å². The fourth-order valence-corrected chi connectivity index (χ4v) is 2.24. The van der Waals surface area contributed by atoms with Crippen molar-refractivity contribution in [2.75, 3.05) is 13.7 Å². The topological polar surface area (TPSA) is 52.3 Å². The van der Waals surface area contributed by atoms with Crippen LogP contribution in [0, 0.1) is 0 Å². The monoisotopic (exact) mass is 271 g/mol. The van der Waals surface area contributed by atoms with E-state index in [2.05, 4.69) is 6.92 Å². The Kier molecular flexibility index (Phi) is 13.7. The average molecular weight is 271 g/mol. The van der Waals surface area contributed by atoms with Crippen molar-refractivity contribution in [3.8, 4) is 0 Å². The second kappa shape index (κ2) is 14.0. The number of rotatable bonds is 14. The van der Waals surface area contributed by atoms with Gasteiger partial charge in [-0.3, -0.25) is 4.79 Å². The van der Waals surface area contributed by atoms with Gasteiger partial charge in [0.1, 0.15) is 0 Å². The molecule has 0 aromatic rings. The SMILES string of the molecule is CCCCCCCCCCCCC(=O)C(N)COC. The van der Waals surface area contributed by atoms with Gasteiger partial charge in [-0.25, -0.2) is 0 Å². The number of Topliss-reactive ketones (excluding diaryl/α,β-unsaturated/α-hetero) is 1. The maximum absolute atomic E-state index is 11.6. The van der Waals surface area contributed by atoms with E-state index in [-0.39, 0.29) is 5.78 Å². The molecule has 19 heavy (non-hydrogen) atoms. The van der Waals surface area contributed by atoms with Crippen LogP contribution in [0.5, 0.6) is 0 Å². The number of carbonyl (C=O) groups is 1. The van der Waals surface area contributed by atoms with E-state index in [1.807, 2.05) is 0 Å². The van der Waals surface area contributed by atoms with Gasteiger partial charge >= 0.3 is 0 Å². The van der Waals surface area contributed by atoms with Gasteiger partial charge in [-0.05, 0) is 6.42 Å². The van der Waals surface area contributed by atoms with Crippen molar-refractivity contribution in [1.82, 2.24) is 0 Å². The number of ketones is 1. The van der Waals surface area contributed by atoms with Crippen molar-refractivity contribution in [1.29, 1.82) is 0 Å². The van der Waals surface area contributed by atoms with Crippen LogP contribution >= 0.6 is 0 Å². The number of unbranched alkanes of at least 4 members (excludes halogenated alkanes) is 9. The molecule has 0 aliphatic heterocycles. The highest BCUT2D eigenvalue weighted by Gasteiger charge is 2.11. The lowest BCUT2D eigenvalue weighted by molar-refractivity contribution is -0.121. The number of carbonyl (C=O) groups excluding carboxylic acids is 1. The van der Waals surface area contributed by atoms with Gasteiger partial charge in [0, 0.05) is 13.5 Å². The highest BCUT2D eigenvalue weighted by molar-refractivity contribution is 5.83. The van der Waals surface area contributed by atoms with Crippen LogP contribution in [0.4, 0.5) is 0 Å². The van der Waals surface area contributed by atoms with Crippen LogP contribution in [0.1, 0.15) is 77.6 Å². The van der Waals surface area contributed by atoms with Gasteiger partial charge in [0.05, 0.1) is 12.6 Å². The molecule has 0 saturated carbocycles. The van der Waals surface area contributed by atoms with E-state index in [0.717, 1.165) is 12.8 Å². The third kappa shape index (κ3) is 12.4. The van der Waals surface area contributed by atoms with Crippen molar-refractivity contribution in [2.45, 2.75) is 83.6 Å². The van der Waals surface area contributed by atoms with Gasteiger partial charge in [0.2, 0.25) is 0 Å². The summed E-state index contributed by atoms with van der Waals surface area (Å²) >= 11 is 0. The first-order valence-corrected chi connectivity index (χ1v) is 7.99. The predicted octanol–water partition coefficient (Wildman–Crippen LogP) is 3.84. The summed E-state index contributed by atoms with van der Waals surface area (Å²) in [7, 11) is 1.58. The molecular weight excluding hydrogens is 238 g/mol. The minimum Gasteiger partial charge on any atom is -0.383 e. The van der Waals surface area contributed by atoms with Crippen molar-refractivity contribution in [3.63, 3.8) is 0 Å². The van der Waals surface area contributed by atoms with Crippen LogP contribution in [0.15, 0.2) is 0 Å². The molecule has 1 unspecified atom stereocenters. The van der Waals surface area contributed by atoms with Crippen LogP contribution in [-0.4, -0.2) is 25.5 Å². The fraction of sp³-hybridized carbons (Fsp3) is 0.938. The Labute approximate surface area is 119 Å². The zero-order chi connectivity index (χ0) is 14.3. The number of hydrogen-bond acceptors (Lipinski definition) is 3. The molecule has 0 spiro atoms. The van der Waals surface area contributed by atoms with Crippen LogP contribution < -0.4 is 5.73 Å². The third-order valence-electron chi connectivity index (χ3n) is 3.54. The molecule has 0 aromatic heterocycles. The van der Waals surface area contributed by atoms with E-state index in [1.165, 1.54) is 51.4 Å². The second-order valence-corrected chi connectivity index (χ2v) is 5.46. The standard InChI is InChI=1S/C16H33NO2/c1-3-4-5-6-7-8-9-10-11-12-13-16(18)15(17)14-19-2/h15H,3-14,17H2,1-2H3. The fourth-order valence-electron chi connectivity index (χ4n) is 2.24. The molecule has 0 fully saturated rings. The number of hydrogen-bond donors (Lipinski definition) is 1. The molecule has 3 nitrogen and oxygen atoms in total. The average Bonchev–Trinajstić information content (AvgIpc) is 2.41. The highest BCUT2D eigenvalue weighted by atomic mass is 16.5. The largest absolute Gasteiger partial charge is 0.383 e. The first-order valence-electron chi connectivity index (χ1n) is 7.99. The molecule has 1 atom stereocenters. The second-order valence-electron chi connectivity index (χ2n) is 5.46. The Bertz CT molecular complexity index is 207. The molecule has 0 rings (SSSR count). The van der Waals surface area contributed by atoms with Gasteiger partial charge in [0.25, 0.3) is 0 Å².